The van der Waals surface area contributed by atoms with Gasteiger partial charge in [0.25, 0.3) is 0 Å². The minimum Gasteiger partial charge on any atom is -0.472 e. The van der Waals surface area contributed by atoms with Gasteiger partial charge in [-0.3, -0.25) is 0 Å². The second-order valence-corrected chi connectivity index (χ2v) is 5.29. The fraction of sp³-hybridized carbons (Fsp3) is 0.375. The molecule has 2 atom stereocenters. The molecule has 1 aliphatic heterocycles. The topological polar surface area (TPSA) is 55.7 Å². The van der Waals surface area contributed by atoms with Gasteiger partial charge in [0.15, 0.2) is 0 Å². The lowest BCUT2D eigenvalue weighted by Crippen LogP contribution is -2.08. The van der Waals surface area contributed by atoms with E-state index >= 15 is 0 Å². The summed E-state index contributed by atoms with van der Waals surface area (Å²) in [7, 11) is 1.13. The quantitative estimate of drug-likeness (QED) is 0.644. The summed E-state index contributed by atoms with van der Waals surface area (Å²) in [4.78, 5) is 0. The van der Waals surface area contributed by atoms with E-state index in [2.05, 4.69) is 4.40 Å². The minimum absolute atomic E-state index is 0.0801. The van der Waals surface area contributed by atoms with Crippen LogP contribution in [-0.4, -0.2) is 20.4 Å². The van der Waals surface area contributed by atoms with Crippen LogP contribution < -0.4 is 0 Å². The zero-order valence-electron chi connectivity index (χ0n) is 7.13. The van der Waals surface area contributed by atoms with E-state index in [1.54, 1.807) is 0 Å². The number of ether oxygens (including phenoxy) is 1. The molecule has 4 nitrogen and oxygen atoms in total. The third-order valence-electron chi connectivity index (χ3n) is 2.05. The highest BCUT2D eigenvalue weighted by Crippen LogP contribution is 2.27. The molecule has 76 valence electrons. The van der Waals surface area contributed by atoms with Crippen LogP contribution in [0.1, 0.15) is 6.42 Å². The molecule has 0 N–H and O–H groups in total. The molecule has 2 rings (SSSR count). The van der Waals surface area contributed by atoms with E-state index in [1.165, 1.54) is 0 Å². The van der Waals surface area contributed by atoms with Crippen LogP contribution in [-0.2, 0) is 14.0 Å². The average molecular weight is 234 g/mol. The lowest BCUT2D eigenvalue weighted by molar-refractivity contribution is 0.269. The summed E-state index contributed by atoms with van der Waals surface area (Å²) in [6.45, 7) is 0. The van der Waals surface area contributed by atoms with Crippen molar-refractivity contribution in [3.63, 3.8) is 0 Å². The Morgan fingerprint density at radius 3 is 2.86 bits per heavy atom. The molecular weight excluding hydrogens is 226 g/mol. The molecule has 0 aromatic rings. The highest BCUT2D eigenvalue weighted by atomic mass is 35.7. The van der Waals surface area contributed by atoms with Crippen LogP contribution in [0.2, 0.25) is 0 Å². The maximum Gasteiger partial charge on any atom is 0.342 e. The van der Waals surface area contributed by atoms with E-state index in [1.807, 2.05) is 24.3 Å². The Balaban J connectivity index is 2.30. The average Bonchev–Trinajstić information content (AvgIpc) is 2.29. The molecule has 1 heterocycles. The van der Waals surface area contributed by atoms with E-state index in [-0.39, 0.29) is 17.9 Å². The van der Waals surface area contributed by atoms with E-state index in [0.717, 1.165) is 6.42 Å². The van der Waals surface area contributed by atoms with Gasteiger partial charge in [-0.2, -0.15) is 8.42 Å². The van der Waals surface area contributed by atoms with Gasteiger partial charge in [0.1, 0.15) is 6.10 Å². The Bertz CT molecular complexity index is 424. The number of hydrogen-bond acceptors (Lipinski definition) is 3. The largest absolute Gasteiger partial charge is 0.472 e. The van der Waals surface area contributed by atoms with Gasteiger partial charge in [-0.05, 0) is 6.08 Å². The van der Waals surface area contributed by atoms with Gasteiger partial charge in [0.2, 0.25) is 5.90 Å². The van der Waals surface area contributed by atoms with Crippen molar-refractivity contribution in [2.75, 3.05) is 0 Å². The predicted octanol–water partition coefficient (Wildman–Crippen LogP) is 1.40. The number of nitrogens with zero attached hydrogens (tertiary/aromatic N) is 1. The maximum atomic E-state index is 10.7. The van der Waals surface area contributed by atoms with Gasteiger partial charge >= 0.3 is 9.24 Å². The SMILES string of the molecule is O=S(=O)(Cl)N=C1OC2C=CC=CC1C2. The van der Waals surface area contributed by atoms with Crippen molar-refractivity contribution in [1.29, 1.82) is 0 Å². The minimum atomic E-state index is -3.88. The van der Waals surface area contributed by atoms with Gasteiger partial charge in [-0.15, -0.1) is 4.40 Å². The lowest BCUT2D eigenvalue weighted by Gasteiger charge is -2.04. The van der Waals surface area contributed by atoms with Gasteiger partial charge in [0.05, 0.1) is 5.92 Å². The molecule has 0 radical (unpaired) electrons. The summed E-state index contributed by atoms with van der Waals surface area (Å²) in [5.74, 6) is 0.106. The first-order valence-corrected chi connectivity index (χ1v) is 6.37. The summed E-state index contributed by atoms with van der Waals surface area (Å²) < 4.78 is 30.1. The lowest BCUT2D eigenvalue weighted by atomic mass is 10.1. The smallest absolute Gasteiger partial charge is 0.342 e. The van der Waals surface area contributed by atoms with E-state index in [4.69, 9.17) is 15.4 Å². The van der Waals surface area contributed by atoms with E-state index in [9.17, 15) is 8.42 Å². The first-order valence-electron chi connectivity index (χ1n) is 4.11. The molecule has 1 saturated heterocycles. The molecule has 0 saturated carbocycles. The molecule has 1 aliphatic carbocycles. The molecule has 14 heavy (non-hydrogen) atoms. The molecule has 0 aromatic heterocycles. The summed E-state index contributed by atoms with van der Waals surface area (Å²) in [6.07, 6.45) is 8.06. The fourth-order valence-corrected chi connectivity index (χ4v) is 2.10. The Hall–Kier alpha value is -0.810. The van der Waals surface area contributed by atoms with Crippen LogP contribution in [0.15, 0.2) is 28.7 Å². The van der Waals surface area contributed by atoms with Crippen LogP contribution in [0.5, 0.6) is 0 Å². The Morgan fingerprint density at radius 1 is 1.43 bits per heavy atom. The Kier molecular flexibility index (Phi) is 2.36. The highest BCUT2D eigenvalue weighted by Gasteiger charge is 2.31. The second-order valence-electron chi connectivity index (χ2n) is 3.11. The van der Waals surface area contributed by atoms with Crippen LogP contribution in [0, 0.1) is 5.92 Å². The molecule has 2 aliphatic rings. The fourth-order valence-electron chi connectivity index (χ4n) is 1.50. The van der Waals surface area contributed by atoms with Crippen molar-refractivity contribution in [3.05, 3.63) is 24.3 Å². The van der Waals surface area contributed by atoms with Crippen molar-refractivity contribution in [2.24, 2.45) is 10.3 Å². The Morgan fingerprint density at radius 2 is 2.14 bits per heavy atom. The highest BCUT2D eigenvalue weighted by molar-refractivity contribution is 8.12. The first kappa shape index (κ1) is 9.73. The molecule has 2 bridgehead atoms. The number of fused-ring (bicyclic) bond motifs is 2. The summed E-state index contributed by atoms with van der Waals surface area (Å²) >= 11 is 0. The van der Waals surface area contributed by atoms with Crippen LogP contribution in [0.25, 0.3) is 0 Å². The molecule has 6 heteroatoms. The van der Waals surface area contributed by atoms with Crippen LogP contribution >= 0.6 is 10.7 Å². The van der Waals surface area contributed by atoms with Crippen molar-refractivity contribution in [3.8, 4) is 0 Å². The van der Waals surface area contributed by atoms with Crippen molar-refractivity contribution < 1.29 is 13.2 Å². The first-order chi connectivity index (χ1) is 6.54. The molecule has 2 unspecified atom stereocenters. The molecular formula is C8H8ClNO3S. The van der Waals surface area contributed by atoms with Crippen LogP contribution in [0.4, 0.5) is 0 Å². The summed E-state index contributed by atoms with van der Waals surface area (Å²) in [5, 5.41) is 0. The molecule has 0 spiro atoms. The molecule has 0 amide bonds. The van der Waals surface area contributed by atoms with Crippen molar-refractivity contribution >= 4 is 25.8 Å². The standard InChI is InChI=1S/C8H8ClNO3S/c9-14(11,12)10-8-6-3-1-2-4-7(5-6)13-8/h1-4,6-7H,5H2. The predicted molar refractivity (Wildman–Crippen MR) is 53.5 cm³/mol. The zero-order valence-corrected chi connectivity index (χ0v) is 8.70. The van der Waals surface area contributed by atoms with Crippen molar-refractivity contribution in [2.45, 2.75) is 12.5 Å². The number of halogens is 1. The normalized spacial score (nSPS) is 33.1. The number of hydrogen-bond donors (Lipinski definition) is 0. The third-order valence-corrected chi connectivity index (χ3v) is 2.66. The number of allylic oxidation sites excluding steroid dienone is 2. The summed E-state index contributed by atoms with van der Waals surface area (Å²) in [6, 6.07) is 0. The van der Waals surface area contributed by atoms with Gasteiger partial charge in [-0.25, -0.2) is 0 Å². The second kappa shape index (κ2) is 3.40. The molecule has 0 aromatic carbocycles. The van der Waals surface area contributed by atoms with Gasteiger partial charge in [-0.1, -0.05) is 18.2 Å². The van der Waals surface area contributed by atoms with E-state index in [0.29, 0.717) is 0 Å². The monoisotopic (exact) mass is 233 g/mol. The number of rotatable bonds is 1. The molecule has 1 fully saturated rings. The third kappa shape index (κ3) is 2.16. The van der Waals surface area contributed by atoms with Gasteiger partial charge < -0.3 is 4.74 Å². The van der Waals surface area contributed by atoms with Gasteiger partial charge in [0, 0.05) is 17.1 Å². The van der Waals surface area contributed by atoms with Crippen LogP contribution in [0.3, 0.4) is 0 Å². The van der Waals surface area contributed by atoms with Crippen molar-refractivity contribution in [1.82, 2.24) is 0 Å². The summed E-state index contributed by atoms with van der Waals surface area (Å²) in [5.41, 5.74) is 0. The van der Waals surface area contributed by atoms with E-state index < -0.39 is 9.24 Å². The Labute approximate surface area is 86.5 Å². The maximum absolute atomic E-state index is 10.7. The zero-order chi connectivity index (χ0) is 10.2.